The predicted molar refractivity (Wildman–Crippen MR) is 82.7 cm³/mol. The maximum Gasteiger partial charge on any atom is 0.270 e. The Bertz CT molecular complexity index is 449. The first-order valence-corrected chi connectivity index (χ1v) is 7.22. The summed E-state index contributed by atoms with van der Waals surface area (Å²) in [5, 5.41) is 0. The van der Waals surface area contributed by atoms with Crippen LogP contribution in [0.1, 0.15) is 30.8 Å². The van der Waals surface area contributed by atoms with Crippen LogP contribution in [-0.2, 0) is 6.54 Å². The van der Waals surface area contributed by atoms with Crippen molar-refractivity contribution in [2.75, 3.05) is 13.1 Å². The zero-order valence-corrected chi connectivity index (χ0v) is 13.7. The number of aryl methyl sites for hydroxylation is 1. The summed E-state index contributed by atoms with van der Waals surface area (Å²) in [6.07, 6.45) is 2.96. The number of hydrogen-bond acceptors (Lipinski definition) is 2. The molecule has 0 aromatic carbocycles. The molecule has 19 heavy (non-hydrogen) atoms. The standard InChI is InChI=1S/C13H20BrN3O.ClH/c1-3-16-8-11(14)5-12(16)13(18)17-7-10(6-15)4-9(17)2;/h5,8-10H,3-4,6-7,15H2,1-2H3;1H. The molecule has 2 atom stereocenters. The van der Waals surface area contributed by atoms with Gasteiger partial charge in [-0.05, 0) is 54.7 Å². The Kier molecular flexibility index (Phi) is 5.89. The first kappa shape index (κ1) is 16.5. The van der Waals surface area contributed by atoms with Crippen LogP contribution >= 0.6 is 28.3 Å². The molecule has 0 saturated carbocycles. The van der Waals surface area contributed by atoms with E-state index in [1.165, 1.54) is 0 Å². The summed E-state index contributed by atoms with van der Waals surface area (Å²) in [6.45, 7) is 6.38. The van der Waals surface area contributed by atoms with Crippen LogP contribution in [0.2, 0.25) is 0 Å². The third-order valence-corrected chi connectivity index (χ3v) is 4.11. The van der Waals surface area contributed by atoms with Gasteiger partial charge in [0.2, 0.25) is 0 Å². The van der Waals surface area contributed by atoms with Gasteiger partial charge in [-0.3, -0.25) is 4.79 Å². The second-order valence-electron chi connectivity index (χ2n) is 4.97. The van der Waals surface area contributed by atoms with Gasteiger partial charge in [-0.15, -0.1) is 12.4 Å². The van der Waals surface area contributed by atoms with E-state index in [0.29, 0.717) is 12.5 Å². The van der Waals surface area contributed by atoms with Crippen LogP contribution in [0.4, 0.5) is 0 Å². The van der Waals surface area contributed by atoms with Gasteiger partial charge < -0.3 is 15.2 Å². The van der Waals surface area contributed by atoms with Crippen molar-refractivity contribution in [3.8, 4) is 0 Å². The van der Waals surface area contributed by atoms with Crippen molar-refractivity contribution in [1.82, 2.24) is 9.47 Å². The molecule has 1 aliphatic heterocycles. The van der Waals surface area contributed by atoms with Crippen molar-refractivity contribution < 1.29 is 4.79 Å². The molecule has 4 nitrogen and oxygen atoms in total. The lowest BCUT2D eigenvalue weighted by atomic mass is 10.1. The van der Waals surface area contributed by atoms with Gasteiger partial charge in [-0.25, -0.2) is 0 Å². The molecule has 1 aromatic heterocycles. The Balaban J connectivity index is 0.00000180. The second-order valence-corrected chi connectivity index (χ2v) is 5.89. The maximum absolute atomic E-state index is 12.6. The Hall–Kier alpha value is -0.520. The highest BCUT2D eigenvalue weighted by Crippen LogP contribution is 2.25. The molecular formula is C13H21BrClN3O. The Morgan fingerprint density at radius 1 is 1.58 bits per heavy atom. The van der Waals surface area contributed by atoms with E-state index < -0.39 is 0 Å². The molecule has 6 heteroatoms. The second kappa shape index (κ2) is 6.77. The third kappa shape index (κ3) is 3.33. The molecule has 1 aliphatic rings. The molecule has 2 N–H and O–H groups in total. The van der Waals surface area contributed by atoms with Crippen molar-refractivity contribution in [2.45, 2.75) is 32.9 Å². The number of hydrogen-bond donors (Lipinski definition) is 1. The maximum atomic E-state index is 12.6. The SMILES string of the molecule is CCn1cc(Br)cc1C(=O)N1CC(CN)CC1C.Cl. The van der Waals surface area contributed by atoms with Crippen molar-refractivity contribution in [2.24, 2.45) is 11.7 Å². The van der Waals surface area contributed by atoms with Gasteiger partial charge in [0.1, 0.15) is 5.69 Å². The molecule has 2 unspecified atom stereocenters. The number of carbonyl (C=O) groups is 1. The van der Waals surface area contributed by atoms with Gasteiger partial charge in [0.05, 0.1) is 0 Å². The monoisotopic (exact) mass is 349 g/mol. The lowest BCUT2D eigenvalue weighted by Crippen LogP contribution is -2.35. The Morgan fingerprint density at radius 3 is 2.79 bits per heavy atom. The fourth-order valence-electron chi connectivity index (χ4n) is 2.66. The Morgan fingerprint density at radius 2 is 2.26 bits per heavy atom. The van der Waals surface area contributed by atoms with Crippen LogP contribution in [0.25, 0.3) is 0 Å². The zero-order chi connectivity index (χ0) is 13.3. The van der Waals surface area contributed by atoms with E-state index in [2.05, 4.69) is 22.9 Å². The summed E-state index contributed by atoms with van der Waals surface area (Å²) in [5.74, 6) is 0.559. The summed E-state index contributed by atoms with van der Waals surface area (Å²) in [5.41, 5.74) is 6.46. The number of aromatic nitrogens is 1. The van der Waals surface area contributed by atoms with Gasteiger partial charge in [-0.2, -0.15) is 0 Å². The molecule has 1 saturated heterocycles. The molecule has 1 amide bonds. The minimum Gasteiger partial charge on any atom is -0.343 e. The Labute approximate surface area is 128 Å². The first-order valence-electron chi connectivity index (χ1n) is 6.43. The highest BCUT2D eigenvalue weighted by atomic mass is 79.9. The van der Waals surface area contributed by atoms with Gasteiger partial charge in [0, 0.05) is 29.8 Å². The van der Waals surface area contributed by atoms with Crippen LogP contribution < -0.4 is 5.73 Å². The van der Waals surface area contributed by atoms with Gasteiger partial charge in [-0.1, -0.05) is 0 Å². The van der Waals surface area contributed by atoms with E-state index in [-0.39, 0.29) is 24.4 Å². The number of amides is 1. The van der Waals surface area contributed by atoms with Gasteiger partial charge in [0.25, 0.3) is 5.91 Å². The largest absolute Gasteiger partial charge is 0.343 e. The summed E-state index contributed by atoms with van der Waals surface area (Å²) in [7, 11) is 0. The summed E-state index contributed by atoms with van der Waals surface area (Å²) < 4.78 is 2.93. The predicted octanol–water partition coefficient (Wildman–Crippen LogP) is 2.50. The number of nitrogens with zero attached hydrogens (tertiary/aromatic N) is 2. The summed E-state index contributed by atoms with van der Waals surface area (Å²) in [4.78, 5) is 14.5. The number of likely N-dealkylation sites (tertiary alicyclic amines) is 1. The third-order valence-electron chi connectivity index (χ3n) is 3.68. The van der Waals surface area contributed by atoms with E-state index >= 15 is 0 Å². The fraction of sp³-hybridized carbons (Fsp3) is 0.615. The van der Waals surface area contributed by atoms with Crippen LogP contribution in [0.3, 0.4) is 0 Å². The number of rotatable bonds is 3. The lowest BCUT2D eigenvalue weighted by Gasteiger charge is -2.22. The van der Waals surface area contributed by atoms with Crippen molar-refractivity contribution in [3.63, 3.8) is 0 Å². The fourth-order valence-corrected chi connectivity index (χ4v) is 3.12. The molecule has 0 spiro atoms. The minimum absolute atomic E-state index is 0. The van der Waals surface area contributed by atoms with Gasteiger partial charge in [0.15, 0.2) is 0 Å². The molecule has 0 aliphatic carbocycles. The van der Waals surface area contributed by atoms with Crippen molar-refractivity contribution >= 4 is 34.2 Å². The van der Waals surface area contributed by atoms with Crippen LogP contribution in [-0.4, -0.2) is 34.5 Å². The van der Waals surface area contributed by atoms with Crippen LogP contribution in [0.15, 0.2) is 16.7 Å². The molecule has 108 valence electrons. The molecule has 1 fully saturated rings. The molecular weight excluding hydrogens is 330 g/mol. The van der Waals surface area contributed by atoms with E-state index in [0.717, 1.165) is 29.7 Å². The molecule has 0 radical (unpaired) electrons. The van der Waals surface area contributed by atoms with Crippen molar-refractivity contribution in [1.29, 1.82) is 0 Å². The summed E-state index contributed by atoms with van der Waals surface area (Å²) in [6, 6.07) is 2.18. The molecule has 0 bridgehead atoms. The normalized spacial score (nSPS) is 22.4. The highest BCUT2D eigenvalue weighted by Gasteiger charge is 2.33. The van der Waals surface area contributed by atoms with Gasteiger partial charge >= 0.3 is 0 Å². The zero-order valence-electron chi connectivity index (χ0n) is 11.3. The minimum atomic E-state index is 0. The van der Waals surface area contributed by atoms with E-state index in [1.54, 1.807) is 0 Å². The van der Waals surface area contributed by atoms with Crippen LogP contribution in [0.5, 0.6) is 0 Å². The molecule has 2 heterocycles. The van der Waals surface area contributed by atoms with Crippen molar-refractivity contribution in [3.05, 3.63) is 22.4 Å². The van der Waals surface area contributed by atoms with E-state index in [1.807, 2.05) is 28.7 Å². The number of nitrogens with two attached hydrogens (primary N) is 1. The highest BCUT2D eigenvalue weighted by molar-refractivity contribution is 9.10. The molecule has 1 aromatic rings. The van der Waals surface area contributed by atoms with E-state index in [4.69, 9.17) is 5.73 Å². The molecule has 2 rings (SSSR count). The van der Waals surface area contributed by atoms with E-state index in [9.17, 15) is 4.79 Å². The number of carbonyl (C=O) groups excluding carboxylic acids is 1. The quantitative estimate of drug-likeness (QED) is 0.910. The first-order chi connectivity index (χ1) is 8.56. The lowest BCUT2D eigenvalue weighted by molar-refractivity contribution is 0.0732. The number of halogens is 2. The van der Waals surface area contributed by atoms with Crippen LogP contribution in [0, 0.1) is 5.92 Å². The topological polar surface area (TPSA) is 51.3 Å². The average Bonchev–Trinajstić information content (AvgIpc) is 2.91. The smallest absolute Gasteiger partial charge is 0.270 e. The average molecular weight is 351 g/mol. The summed E-state index contributed by atoms with van der Waals surface area (Å²) >= 11 is 3.43.